The molecule has 0 amide bonds. The molecule has 1 aromatic carbocycles. The first-order valence-electron chi connectivity index (χ1n) is 8.98. The molecular weight excluding hydrogens is 396 g/mol. The standard InChI is InChI=1S/C21H20O9/c1-10-5-12(22)8-15(23)18(10)20(27)30-19-14-9-29-13(3-4-17(25)26)6-11(14)7-16(24)21(19,2)28/h3-8,14,19,22-23,28H,9H2,1-2H3,(H,25,26)/t14-,19+,21+/m1/s1. The molecule has 158 valence electrons. The lowest BCUT2D eigenvalue weighted by molar-refractivity contribution is -0.151. The largest absolute Gasteiger partial charge is 0.508 e. The number of aryl methyl sites for hydroxylation is 1. The van der Waals surface area contributed by atoms with Crippen molar-refractivity contribution in [2.24, 2.45) is 5.92 Å². The van der Waals surface area contributed by atoms with E-state index in [0.717, 1.165) is 12.1 Å². The zero-order chi connectivity index (χ0) is 22.2. The summed E-state index contributed by atoms with van der Waals surface area (Å²) in [5.74, 6) is -4.10. The Labute approximate surface area is 171 Å². The van der Waals surface area contributed by atoms with Crippen molar-refractivity contribution in [3.05, 3.63) is 58.9 Å². The molecule has 0 radical (unpaired) electrons. The molecule has 30 heavy (non-hydrogen) atoms. The van der Waals surface area contributed by atoms with E-state index in [2.05, 4.69) is 0 Å². The quantitative estimate of drug-likeness (QED) is 0.421. The Morgan fingerprint density at radius 1 is 1.27 bits per heavy atom. The number of carboxylic acids is 1. The van der Waals surface area contributed by atoms with E-state index in [9.17, 15) is 29.7 Å². The number of allylic oxidation sites excluding steroid dienone is 2. The number of benzene rings is 1. The third-order valence-corrected chi connectivity index (χ3v) is 5.01. The van der Waals surface area contributed by atoms with Crippen molar-refractivity contribution in [3.63, 3.8) is 0 Å². The lowest BCUT2D eigenvalue weighted by Gasteiger charge is -2.41. The molecule has 3 rings (SSSR count). The number of fused-ring (bicyclic) bond motifs is 1. The van der Waals surface area contributed by atoms with Gasteiger partial charge in [0.2, 0.25) is 0 Å². The number of hydrogen-bond acceptors (Lipinski definition) is 8. The molecule has 0 aromatic heterocycles. The Hall–Kier alpha value is -3.59. The monoisotopic (exact) mass is 416 g/mol. The summed E-state index contributed by atoms with van der Waals surface area (Å²) in [6.45, 7) is 2.62. The van der Waals surface area contributed by atoms with E-state index in [1.54, 1.807) is 0 Å². The van der Waals surface area contributed by atoms with Crippen molar-refractivity contribution < 1.29 is 44.3 Å². The maximum absolute atomic E-state index is 12.7. The van der Waals surface area contributed by atoms with E-state index >= 15 is 0 Å². The van der Waals surface area contributed by atoms with Gasteiger partial charge in [-0.1, -0.05) is 0 Å². The fraction of sp³-hybridized carbons (Fsp3) is 0.286. The molecule has 1 aliphatic heterocycles. The summed E-state index contributed by atoms with van der Waals surface area (Å²) in [7, 11) is 0. The van der Waals surface area contributed by atoms with Gasteiger partial charge in [0.05, 0.1) is 12.5 Å². The van der Waals surface area contributed by atoms with Crippen molar-refractivity contribution in [1.82, 2.24) is 0 Å². The number of rotatable bonds is 4. The number of phenols is 2. The van der Waals surface area contributed by atoms with Gasteiger partial charge in [-0.25, -0.2) is 9.59 Å². The van der Waals surface area contributed by atoms with Crippen LogP contribution in [0, 0.1) is 12.8 Å². The molecular formula is C21H20O9. The van der Waals surface area contributed by atoms with Crippen LogP contribution in [0.25, 0.3) is 0 Å². The molecule has 9 heteroatoms. The minimum absolute atomic E-state index is 0.0798. The van der Waals surface area contributed by atoms with Crippen LogP contribution in [0.3, 0.4) is 0 Å². The van der Waals surface area contributed by atoms with Crippen molar-refractivity contribution in [3.8, 4) is 11.5 Å². The minimum Gasteiger partial charge on any atom is -0.508 e. The van der Waals surface area contributed by atoms with Gasteiger partial charge in [0.25, 0.3) is 0 Å². The Kier molecular flexibility index (Phi) is 5.41. The van der Waals surface area contributed by atoms with Crippen LogP contribution in [0.5, 0.6) is 11.5 Å². The predicted molar refractivity (Wildman–Crippen MR) is 102 cm³/mol. The Morgan fingerprint density at radius 2 is 1.97 bits per heavy atom. The molecule has 0 saturated carbocycles. The first kappa shape index (κ1) is 21.1. The number of ketones is 1. The van der Waals surface area contributed by atoms with Crippen molar-refractivity contribution in [1.29, 1.82) is 0 Å². The molecule has 4 N–H and O–H groups in total. The van der Waals surface area contributed by atoms with Crippen LogP contribution in [0.2, 0.25) is 0 Å². The van der Waals surface area contributed by atoms with E-state index < -0.39 is 41.1 Å². The van der Waals surface area contributed by atoms with E-state index in [1.807, 2.05) is 0 Å². The Bertz CT molecular complexity index is 990. The smallest absolute Gasteiger partial charge is 0.342 e. The SMILES string of the molecule is Cc1cc(O)cc(O)c1C(=O)O[C@H]1[C@@H]2COC(C=CC(=O)O)=CC2=CC(=O)[C@]1(C)O. The Morgan fingerprint density at radius 3 is 2.60 bits per heavy atom. The number of phenolic OH excluding ortho intramolecular Hbond substituents is 2. The minimum atomic E-state index is -2.05. The van der Waals surface area contributed by atoms with Gasteiger partial charge in [-0.2, -0.15) is 0 Å². The van der Waals surface area contributed by atoms with Gasteiger partial charge in [-0.05, 0) is 49.3 Å². The van der Waals surface area contributed by atoms with Crippen LogP contribution in [0.1, 0.15) is 22.8 Å². The molecule has 0 spiro atoms. The van der Waals surface area contributed by atoms with Gasteiger partial charge < -0.3 is 29.9 Å². The van der Waals surface area contributed by atoms with Gasteiger partial charge in [0.1, 0.15) is 28.9 Å². The summed E-state index contributed by atoms with van der Waals surface area (Å²) in [4.78, 5) is 35.9. The van der Waals surface area contributed by atoms with Crippen molar-refractivity contribution in [2.45, 2.75) is 25.6 Å². The number of esters is 1. The van der Waals surface area contributed by atoms with E-state index in [4.69, 9.17) is 14.6 Å². The maximum atomic E-state index is 12.7. The summed E-state index contributed by atoms with van der Waals surface area (Å²) in [6.07, 6.45) is 3.41. The molecule has 0 unspecified atom stereocenters. The summed E-state index contributed by atoms with van der Waals surface area (Å²) in [5.41, 5.74) is -1.59. The van der Waals surface area contributed by atoms with Crippen LogP contribution in [-0.4, -0.2) is 56.5 Å². The zero-order valence-electron chi connectivity index (χ0n) is 16.2. The maximum Gasteiger partial charge on any atom is 0.342 e. The number of carbonyl (C=O) groups is 3. The van der Waals surface area contributed by atoms with Gasteiger partial charge in [0.15, 0.2) is 11.4 Å². The molecule has 0 saturated heterocycles. The van der Waals surface area contributed by atoms with Crippen molar-refractivity contribution >= 4 is 17.7 Å². The number of aliphatic hydroxyl groups is 1. The topological polar surface area (TPSA) is 151 Å². The first-order valence-corrected chi connectivity index (χ1v) is 8.98. The lowest BCUT2D eigenvalue weighted by atomic mass is 9.75. The molecule has 0 fully saturated rings. The zero-order valence-corrected chi connectivity index (χ0v) is 16.2. The van der Waals surface area contributed by atoms with Gasteiger partial charge >= 0.3 is 11.9 Å². The van der Waals surface area contributed by atoms with Crippen molar-refractivity contribution in [2.75, 3.05) is 6.61 Å². The first-order chi connectivity index (χ1) is 14.0. The fourth-order valence-electron chi connectivity index (χ4n) is 3.47. The predicted octanol–water partition coefficient (Wildman–Crippen LogP) is 1.36. The van der Waals surface area contributed by atoms with Gasteiger partial charge in [-0.15, -0.1) is 0 Å². The molecule has 1 aromatic rings. The molecule has 1 aliphatic carbocycles. The molecule has 9 nitrogen and oxygen atoms in total. The number of ether oxygens (including phenoxy) is 2. The fourth-order valence-corrected chi connectivity index (χ4v) is 3.47. The second-order valence-corrected chi connectivity index (χ2v) is 7.27. The lowest BCUT2D eigenvalue weighted by Crippen LogP contribution is -2.56. The Balaban J connectivity index is 1.94. The molecule has 2 aliphatic rings. The van der Waals surface area contributed by atoms with Crippen LogP contribution in [0.15, 0.2) is 47.8 Å². The second kappa shape index (κ2) is 7.68. The summed E-state index contributed by atoms with van der Waals surface area (Å²) in [6, 6.07) is 2.24. The van der Waals surface area contributed by atoms with Gasteiger partial charge in [-0.3, -0.25) is 4.79 Å². The highest BCUT2D eigenvalue weighted by atomic mass is 16.6. The third kappa shape index (κ3) is 3.92. The van der Waals surface area contributed by atoms with Crippen LogP contribution in [0.4, 0.5) is 0 Å². The average molecular weight is 416 g/mol. The van der Waals surface area contributed by atoms with E-state index in [1.165, 1.54) is 38.1 Å². The van der Waals surface area contributed by atoms with Gasteiger partial charge in [0, 0.05) is 12.1 Å². The summed E-state index contributed by atoms with van der Waals surface area (Å²) >= 11 is 0. The normalized spacial score (nSPS) is 25.8. The second-order valence-electron chi connectivity index (χ2n) is 7.27. The molecule has 0 bridgehead atoms. The number of carboxylic acid groups (broad SMARTS) is 1. The highest BCUT2D eigenvalue weighted by molar-refractivity contribution is 6.00. The van der Waals surface area contributed by atoms with Crippen LogP contribution in [-0.2, 0) is 19.1 Å². The van der Waals surface area contributed by atoms with E-state index in [0.29, 0.717) is 5.57 Å². The molecule has 3 atom stereocenters. The highest BCUT2D eigenvalue weighted by Crippen LogP contribution is 2.38. The number of carbonyl (C=O) groups excluding carboxylic acids is 2. The number of aliphatic carboxylic acids is 1. The van der Waals surface area contributed by atoms with Crippen LogP contribution >= 0.6 is 0 Å². The number of hydrogen-bond donors (Lipinski definition) is 4. The average Bonchev–Trinajstić information content (AvgIpc) is 2.63. The summed E-state index contributed by atoms with van der Waals surface area (Å²) in [5, 5.41) is 39.0. The van der Waals surface area contributed by atoms with Crippen LogP contribution < -0.4 is 0 Å². The third-order valence-electron chi connectivity index (χ3n) is 5.01. The summed E-state index contributed by atoms with van der Waals surface area (Å²) < 4.78 is 10.9. The number of aromatic hydroxyl groups is 2. The van der Waals surface area contributed by atoms with E-state index in [-0.39, 0.29) is 29.2 Å². The highest BCUT2D eigenvalue weighted by Gasteiger charge is 2.51. The molecule has 1 heterocycles.